The van der Waals surface area contributed by atoms with Crippen LogP contribution in [0.2, 0.25) is 0 Å². The lowest BCUT2D eigenvalue weighted by molar-refractivity contribution is -0.183. The van der Waals surface area contributed by atoms with Gasteiger partial charge in [0.05, 0.1) is 12.5 Å². The Hall–Kier alpha value is -0.570. The van der Waals surface area contributed by atoms with Crippen molar-refractivity contribution in [3.05, 3.63) is 0 Å². The van der Waals surface area contributed by atoms with Crippen molar-refractivity contribution in [2.75, 3.05) is 13.7 Å². The van der Waals surface area contributed by atoms with Crippen LogP contribution in [0.1, 0.15) is 71.6 Å². The summed E-state index contributed by atoms with van der Waals surface area (Å²) in [5.74, 6) is 2.50. The summed E-state index contributed by atoms with van der Waals surface area (Å²) in [5, 5.41) is 9.82. The number of carbonyl (C=O) groups is 1. The number of carbonyl (C=O) groups excluding carboxylic acids is 1. The largest absolute Gasteiger partial charge is 0.469 e. The van der Waals surface area contributed by atoms with Crippen LogP contribution in [0.4, 0.5) is 0 Å². The number of rotatable bonds is 2. The number of hydrogen-bond donors (Lipinski definition) is 1. The third-order valence-corrected chi connectivity index (χ3v) is 9.16. The van der Waals surface area contributed by atoms with E-state index in [9.17, 15) is 9.90 Å². The van der Waals surface area contributed by atoms with Gasteiger partial charge in [-0.05, 0) is 92.8 Å². The molecule has 2 bridgehead atoms. The SMILES string of the molecule is COC(=O)[C@]1(C)CCC[C@@]2(C)[C@@H]3CC[C@@H]4C[C@@]3(CC[C@@H]21)C[C@@H]4CO. The minimum absolute atomic E-state index is 0.0164. The Kier molecular flexibility index (Phi) is 3.84. The summed E-state index contributed by atoms with van der Waals surface area (Å²) >= 11 is 0. The number of esters is 1. The Morgan fingerprint density at radius 1 is 1.08 bits per heavy atom. The highest BCUT2D eigenvalue weighted by Crippen LogP contribution is 2.72. The van der Waals surface area contributed by atoms with E-state index in [1.165, 1.54) is 44.9 Å². The lowest BCUT2D eigenvalue weighted by Crippen LogP contribution is -2.58. The van der Waals surface area contributed by atoms with Crippen LogP contribution in [0.15, 0.2) is 0 Å². The highest BCUT2D eigenvalue weighted by Gasteiger charge is 2.65. The van der Waals surface area contributed by atoms with Crippen molar-refractivity contribution in [2.45, 2.75) is 71.6 Å². The number of aliphatic hydroxyl groups is 1. The molecule has 3 nitrogen and oxygen atoms in total. The second-order valence-corrected chi connectivity index (χ2v) is 9.96. The van der Waals surface area contributed by atoms with Gasteiger partial charge in [0.15, 0.2) is 0 Å². The molecule has 3 heteroatoms. The lowest BCUT2D eigenvalue weighted by atomic mass is 9.41. The van der Waals surface area contributed by atoms with Gasteiger partial charge in [0.2, 0.25) is 0 Å². The first-order valence-electron chi connectivity index (χ1n) is 10.1. The van der Waals surface area contributed by atoms with E-state index in [-0.39, 0.29) is 16.8 Å². The lowest BCUT2D eigenvalue weighted by Gasteiger charge is -2.63. The molecule has 7 atom stereocenters. The van der Waals surface area contributed by atoms with E-state index in [4.69, 9.17) is 4.74 Å². The number of hydrogen-bond acceptors (Lipinski definition) is 3. The molecule has 0 saturated heterocycles. The molecule has 24 heavy (non-hydrogen) atoms. The van der Waals surface area contributed by atoms with Gasteiger partial charge in [-0.25, -0.2) is 0 Å². The zero-order valence-corrected chi connectivity index (χ0v) is 15.6. The summed E-state index contributed by atoms with van der Waals surface area (Å²) in [6.45, 7) is 5.05. The monoisotopic (exact) mass is 334 g/mol. The van der Waals surface area contributed by atoms with Gasteiger partial charge in [0, 0.05) is 6.61 Å². The summed E-state index contributed by atoms with van der Waals surface area (Å²) in [4.78, 5) is 12.6. The summed E-state index contributed by atoms with van der Waals surface area (Å²) in [5.41, 5.74) is 0.430. The molecule has 4 aliphatic carbocycles. The van der Waals surface area contributed by atoms with Crippen molar-refractivity contribution in [1.82, 2.24) is 0 Å². The van der Waals surface area contributed by atoms with Crippen LogP contribution >= 0.6 is 0 Å². The predicted octanol–water partition coefficient (Wildman–Crippen LogP) is 4.18. The van der Waals surface area contributed by atoms with Crippen LogP contribution in [-0.2, 0) is 9.53 Å². The normalized spacial score (nSPS) is 53.2. The van der Waals surface area contributed by atoms with Gasteiger partial charge < -0.3 is 9.84 Å². The Morgan fingerprint density at radius 3 is 2.58 bits per heavy atom. The number of methoxy groups -OCH3 is 1. The van der Waals surface area contributed by atoms with Gasteiger partial charge in [-0.1, -0.05) is 13.3 Å². The predicted molar refractivity (Wildman–Crippen MR) is 93.3 cm³/mol. The van der Waals surface area contributed by atoms with Crippen molar-refractivity contribution in [3.63, 3.8) is 0 Å². The second kappa shape index (κ2) is 5.46. The topological polar surface area (TPSA) is 46.5 Å². The molecule has 4 rings (SSSR count). The highest BCUT2D eigenvalue weighted by molar-refractivity contribution is 5.77. The molecule has 1 spiro atoms. The second-order valence-electron chi connectivity index (χ2n) is 9.96. The molecule has 0 aliphatic heterocycles. The maximum atomic E-state index is 12.6. The third-order valence-electron chi connectivity index (χ3n) is 9.16. The molecule has 0 unspecified atom stereocenters. The number of aliphatic hydroxyl groups excluding tert-OH is 1. The molecule has 0 aromatic rings. The van der Waals surface area contributed by atoms with Crippen LogP contribution in [0.5, 0.6) is 0 Å². The molecule has 136 valence electrons. The van der Waals surface area contributed by atoms with E-state index >= 15 is 0 Å². The molecule has 0 amide bonds. The van der Waals surface area contributed by atoms with Crippen molar-refractivity contribution in [1.29, 1.82) is 0 Å². The maximum Gasteiger partial charge on any atom is 0.311 e. The van der Waals surface area contributed by atoms with Gasteiger partial charge in [-0.15, -0.1) is 0 Å². The Bertz CT molecular complexity index is 531. The van der Waals surface area contributed by atoms with Crippen molar-refractivity contribution in [2.24, 2.45) is 39.9 Å². The molecule has 4 aliphatic rings. The average Bonchev–Trinajstić information content (AvgIpc) is 2.84. The molecule has 0 radical (unpaired) electrons. The van der Waals surface area contributed by atoms with Crippen LogP contribution in [0.3, 0.4) is 0 Å². The molecule has 0 aromatic heterocycles. The summed E-state index contributed by atoms with van der Waals surface area (Å²) in [6, 6.07) is 0. The fourth-order valence-corrected chi connectivity index (χ4v) is 8.28. The Balaban J connectivity index is 1.69. The summed E-state index contributed by atoms with van der Waals surface area (Å²) in [7, 11) is 1.55. The Labute approximate surface area is 146 Å². The quantitative estimate of drug-likeness (QED) is 0.771. The average molecular weight is 335 g/mol. The fourth-order valence-electron chi connectivity index (χ4n) is 8.28. The van der Waals surface area contributed by atoms with Gasteiger partial charge in [-0.2, -0.15) is 0 Å². The first-order valence-corrected chi connectivity index (χ1v) is 10.1. The van der Waals surface area contributed by atoms with Crippen LogP contribution in [-0.4, -0.2) is 24.8 Å². The molecule has 0 aromatic carbocycles. The van der Waals surface area contributed by atoms with Crippen molar-refractivity contribution < 1.29 is 14.6 Å². The molecule has 4 saturated carbocycles. The van der Waals surface area contributed by atoms with Gasteiger partial charge in [0.25, 0.3) is 0 Å². The highest BCUT2D eigenvalue weighted by atomic mass is 16.5. The van der Waals surface area contributed by atoms with E-state index in [0.717, 1.165) is 24.7 Å². The van der Waals surface area contributed by atoms with E-state index < -0.39 is 0 Å². The van der Waals surface area contributed by atoms with Crippen LogP contribution in [0.25, 0.3) is 0 Å². The smallest absolute Gasteiger partial charge is 0.311 e. The summed E-state index contributed by atoms with van der Waals surface area (Å²) in [6.07, 6.45) is 11.0. The van der Waals surface area contributed by atoms with E-state index in [1.807, 2.05) is 0 Å². The number of fused-ring (bicyclic) bond motifs is 3. The van der Waals surface area contributed by atoms with Gasteiger partial charge in [-0.3, -0.25) is 4.79 Å². The molecule has 0 heterocycles. The van der Waals surface area contributed by atoms with Gasteiger partial charge >= 0.3 is 5.97 Å². The van der Waals surface area contributed by atoms with Crippen LogP contribution < -0.4 is 0 Å². The van der Waals surface area contributed by atoms with Crippen LogP contribution in [0, 0.1) is 39.9 Å². The van der Waals surface area contributed by atoms with E-state index in [0.29, 0.717) is 23.9 Å². The standard InChI is InChI=1S/C21H34O3/c1-19-8-4-9-20(2,18(23)24-3)16(19)7-10-21-11-14(5-6-17(19)21)15(12-21)13-22/h14-17,22H,4-13H2,1-3H3/t14-,15-,16+,17+,19-,20-,21+/m1/s1. The third kappa shape index (κ3) is 2.03. The molecule has 1 N–H and O–H groups in total. The minimum Gasteiger partial charge on any atom is -0.469 e. The fraction of sp³-hybridized carbons (Fsp3) is 0.952. The first kappa shape index (κ1) is 16.9. The van der Waals surface area contributed by atoms with Crippen molar-refractivity contribution >= 4 is 5.97 Å². The van der Waals surface area contributed by atoms with Gasteiger partial charge in [0.1, 0.15) is 0 Å². The minimum atomic E-state index is -0.296. The van der Waals surface area contributed by atoms with E-state index in [2.05, 4.69) is 13.8 Å². The molecular formula is C21H34O3. The maximum absolute atomic E-state index is 12.6. The molecular weight excluding hydrogens is 300 g/mol. The van der Waals surface area contributed by atoms with E-state index in [1.54, 1.807) is 7.11 Å². The zero-order valence-electron chi connectivity index (χ0n) is 15.6. The van der Waals surface area contributed by atoms with Crippen molar-refractivity contribution in [3.8, 4) is 0 Å². The Morgan fingerprint density at radius 2 is 1.88 bits per heavy atom. The number of ether oxygens (including phenoxy) is 1. The first-order chi connectivity index (χ1) is 11.4. The summed E-state index contributed by atoms with van der Waals surface area (Å²) < 4.78 is 5.24. The zero-order chi connectivity index (χ0) is 17.2. The molecule has 4 fully saturated rings.